The Morgan fingerprint density at radius 3 is 2.44 bits per heavy atom. The van der Waals surface area contributed by atoms with Crippen molar-refractivity contribution in [3.05, 3.63) is 65.4 Å². The maximum absolute atomic E-state index is 14.4. The minimum atomic E-state index is -4.77. The number of nitrogens with zero attached hydrogens (tertiary/aromatic N) is 5. The van der Waals surface area contributed by atoms with E-state index < -0.39 is 33.0 Å². The van der Waals surface area contributed by atoms with Crippen LogP contribution in [-0.4, -0.2) is 40.2 Å². The van der Waals surface area contributed by atoms with E-state index in [1.807, 2.05) is 6.07 Å². The molecule has 4 aromatic rings. The van der Waals surface area contributed by atoms with Gasteiger partial charge in [0, 0.05) is 23.5 Å². The van der Waals surface area contributed by atoms with E-state index in [0.29, 0.717) is 23.7 Å². The van der Waals surface area contributed by atoms with Crippen molar-refractivity contribution in [2.75, 3.05) is 0 Å². The maximum Gasteiger partial charge on any atom is 0.404 e. The maximum atomic E-state index is 14.4. The summed E-state index contributed by atoms with van der Waals surface area (Å²) in [5.41, 5.74) is 1.66. The first-order valence-corrected chi connectivity index (χ1v) is 11.9. The second-order valence-corrected chi connectivity index (χ2v) is 9.77. The van der Waals surface area contributed by atoms with Gasteiger partial charge in [-0.25, -0.2) is 22.8 Å². The van der Waals surface area contributed by atoms with Gasteiger partial charge in [0.05, 0.1) is 22.5 Å². The van der Waals surface area contributed by atoms with Gasteiger partial charge in [-0.05, 0) is 56.7 Å². The molecule has 1 atom stereocenters. The van der Waals surface area contributed by atoms with Crippen LogP contribution >= 0.6 is 0 Å². The number of nitrogens with one attached hydrogen (secondary N) is 1. The first-order valence-electron chi connectivity index (χ1n) is 10.4. The highest BCUT2D eigenvalue weighted by atomic mass is 32.2. The van der Waals surface area contributed by atoms with Crippen molar-refractivity contribution in [1.29, 1.82) is 5.26 Å². The average molecular weight is 518 g/mol. The van der Waals surface area contributed by atoms with E-state index in [-0.39, 0.29) is 28.3 Å². The van der Waals surface area contributed by atoms with Crippen LogP contribution in [0.25, 0.3) is 28.2 Å². The van der Waals surface area contributed by atoms with Crippen molar-refractivity contribution in [2.45, 2.75) is 37.9 Å². The fourth-order valence-corrected chi connectivity index (χ4v) is 4.74. The number of hydrogen-bond donors (Lipinski definition) is 1. The zero-order chi connectivity index (χ0) is 26.4. The van der Waals surface area contributed by atoms with E-state index in [0.717, 1.165) is 12.3 Å². The molecule has 0 amide bonds. The zero-order valence-electron chi connectivity index (χ0n) is 19.1. The second kappa shape index (κ2) is 8.96. The Kier molecular flexibility index (Phi) is 6.27. The van der Waals surface area contributed by atoms with Crippen molar-refractivity contribution < 1.29 is 26.0 Å². The number of rotatable bonds is 5. The standard InChI is InChI=1S/C23H18F4N6O2S/c1-12-8-20-16(9-18(12)24)17(10-28)21(33(20)22-29-7-6-13(2)31-22)19-5-4-15(11-30-19)36(34,35)32-14(3)23(25,26)27/h4-9,11,14,32H,1-3H3. The van der Waals surface area contributed by atoms with Crippen molar-refractivity contribution >= 4 is 20.9 Å². The van der Waals surface area contributed by atoms with Gasteiger partial charge in [-0.3, -0.25) is 9.55 Å². The van der Waals surface area contributed by atoms with Crippen LogP contribution in [0.4, 0.5) is 17.6 Å². The smallest absolute Gasteiger partial charge is 0.275 e. The third-order valence-electron chi connectivity index (χ3n) is 5.45. The molecule has 0 spiro atoms. The number of hydrogen-bond acceptors (Lipinski definition) is 6. The third-order valence-corrected chi connectivity index (χ3v) is 6.98. The molecule has 0 fully saturated rings. The van der Waals surface area contributed by atoms with Gasteiger partial charge in [-0.15, -0.1) is 0 Å². The summed E-state index contributed by atoms with van der Waals surface area (Å²) in [7, 11) is -4.54. The number of pyridine rings is 1. The Morgan fingerprint density at radius 2 is 1.86 bits per heavy atom. The SMILES string of the molecule is Cc1ccnc(-n2c(-c3ccc(S(=O)(=O)NC(C)C(F)(F)F)cn3)c(C#N)c3cc(F)c(C)cc32)n1. The number of aromatic nitrogens is 4. The van der Waals surface area contributed by atoms with Crippen LogP contribution < -0.4 is 4.72 Å². The van der Waals surface area contributed by atoms with Gasteiger partial charge in [0.1, 0.15) is 22.8 Å². The van der Waals surface area contributed by atoms with E-state index in [4.69, 9.17) is 0 Å². The summed E-state index contributed by atoms with van der Waals surface area (Å²) >= 11 is 0. The molecule has 1 N–H and O–H groups in total. The summed E-state index contributed by atoms with van der Waals surface area (Å²) in [6.07, 6.45) is -2.39. The van der Waals surface area contributed by atoms with Gasteiger partial charge in [-0.1, -0.05) is 0 Å². The lowest BCUT2D eigenvalue weighted by molar-refractivity contribution is -0.147. The van der Waals surface area contributed by atoms with Crippen molar-refractivity contribution in [1.82, 2.24) is 24.2 Å². The molecule has 13 heteroatoms. The fourth-order valence-electron chi connectivity index (χ4n) is 3.57. The summed E-state index contributed by atoms with van der Waals surface area (Å²) in [5.74, 6) is -0.367. The topological polar surface area (TPSA) is 114 Å². The molecule has 186 valence electrons. The predicted molar refractivity (Wildman–Crippen MR) is 122 cm³/mol. The van der Waals surface area contributed by atoms with Crippen LogP contribution in [0.3, 0.4) is 0 Å². The van der Waals surface area contributed by atoms with Crippen molar-refractivity contribution in [3.63, 3.8) is 0 Å². The molecule has 0 aliphatic heterocycles. The molecule has 0 radical (unpaired) electrons. The van der Waals surface area contributed by atoms with Crippen LogP contribution in [0.5, 0.6) is 0 Å². The number of sulfonamides is 1. The van der Waals surface area contributed by atoms with Gasteiger partial charge < -0.3 is 0 Å². The molecule has 36 heavy (non-hydrogen) atoms. The lowest BCUT2D eigenvalue weighted by atomic mass is 10.1. The normalized spacial score (nSPS) is 13.1. The Hall–Kier alpha value is -3.89. The lowest BCUT2D eigenvalue weighted by Crippen LogP contribution is -2.42. The monoisotopic (exact) mass is 518 g/mol. The number of aryl methyl sites for hydroxylation is 2. The molecule has 0 saturated carbocycles. The minimum Gasteiger partial charge on any atom is -0.275 e. The highest BCUT2D eigenvalue weighted by Crippen LogP contribution is 2.36. The second-order valence-electron chi connectivity index (χ2n) is 8.05. The van der Waals surface area contributed by atoms with Gasteiger partial charge in [-0.2, -0.15) is 23.2 Å². The fraction of sp³-hybridized carbons (Fsp3) is 0.217. The van der Waals surface area contributed by atoms with Gasteiger partial charge in [0.15, 0.2) is 0 Å². The predicted octanol–water partition coefficient (Wildman–Crippen LogP) is 4.34. The molecule has 0 bridgehead atoms. The van der Waals surface area contributed by atoms with Crippen LogP contribution in [0, 0.1) is 31.0 Å². The molecule has 1 unspecified atom stereocenters. The van der Waals surface area contributed by atoms with E-state index in [1.165, 1.54) is 29.0 Å². The Balaban J connectivity index is 1.92. The summed E-state index contributed by atoms with van der Waals surface area (Å²) in [4.78, 5) is 12.3. The summed E-state index contributed by atoms with van der Waals surface area (Å²) in [5, 5.41) is 10.2. The van der Waals surface area contributed by atoms with Crippen LogP contribution in [-0.2, 0) is 10.0 Å². The molecule has 1 aromatic carbocycles. The van der Waals surface area contributed by atoms with E-state index >= 15 is 0 Å². The first-order chi connectivity index (χ1) is 16.8. The van der Waals surface area contributed by atoms with E-state index in [9.17, 15) is 31.2 Å². The van der Waals surface area contributed by atoms with Gasteiger partial charge in [0.2, 0.25) is 16.0 Å². The van der Waals surface area contributed by atoms with Crippen LogP contribution in [0.15, 0.2) is 47.6 Å². The third kappa shape index (κ3) is 4.52. The summed E-state index contributed by atoms with van der Waals surface area (Å²) < 4.78 is 80.9. The molecule has 0 saturated heterocycles. The van der Waals surface area contributed by atoms with Crippen LogP contribution in [0.1, 0.15) is 23.7 Å². The average Bonchev–Trinajstić information content (AvgIpc) is 3.11. The van der Waals surface area contributed by atoms with E-state index in [1.54, 1.807) is 24.6 Å². The molecule has 8 nitrogen and oxygen atoms in total. The number of alkyl halides is 3. The zero-order valence-corrected chi connectivity index (χ0v) is 19.9. The Labute approximate surface area is 203 Å². The first kappa shape index (κ1) is 25.2. The molecule has 3 aromatic heterocycles. The number of fused-ring (bicyclic) bond motifs is 1. The van der Waals surface area contributed by atoms with E-state index in [2.05, 4.69) is 15.0 Å². The van der Waals surface area contributed by atoms with Crippen LogP contribution in [0.2, 0.25) is 0 Å². The van der Waals surface area contributed by atoms with Gasteiger partial charge >= 0.3 is 6.18 Å². The number of benzene rings is 1. The molecule has 0 aliphatic rings. The largest absolute Gasteiger partial charge is 0.404 e. The molecular formula is C23H18F4N6O2S. The molecule has 3 heterocycles. The number of nitriles is 1. The quantitative estimate of drug-likeness (QED) is 0.393. The molecule has 0 aliphatic carbocycles. The van der Waals surface area contributed by atoms with Crippen molar-refractivity contribution in [3.8, 4) is 23.4 Å². The summed E-state index contributed by atoms with van der Waals surface area (Å²) in [6, 6.07) is 6.44. The highest BCUT2D eigenvalue weighted by Gasteiger charge is 2.39. The van der Waals surface area contributed by atoms with Crippen molar-refractivity contribution in [2.24, 2.45) is 0 Å². The molecule has 4 rings (SSSR count). The highest BCUT2D eigenvalue weighted by molar-refractivity contribution is 7.89. The Morgan fingerprint density at radius 1 is 1.14 bits per heavy atom. The lowest BCUT2D eigenvalue weighted by Gasteiger charge is -2.17. The Bertz CT molecular complexity index is 1620. The number of halogens is 4. The van der Waals surface area contributed by atoms with Gasteiger partial charge in [0.25, 0.3) is 0 Å². The summed E-state index contributed by atoms with van der Waals surface area (Å²) in [6.45, 7) is 3.97. The minimum absolute atomic E-state index is 0.0425. The molecular weight excluding hydrogens is 500 g/mol.